The van der Waals surface area contributed by atoms with Gasteiger partial charge in [0.15, 0.2) is 0 Å². The minimum atomic E-state index is -0.356. The second-order valence-corrected chi connectivity index (χ2v) is 4.89. The molecule has 0 aromatic heterocycles. The van der Waals surface area contributed by atoms with Crippen LogP contribution in [0.5, 0.6) is 0 Å². The summed E-state index contributed by atoms with van der Waals surface area (Å²) in [6, 6.07) is 0. The van der Waals surface area contributed by atoms with Gasteiger partial charge in [-0.15, -0.1) is 6.58 Å². The lowest BCUT2D eigenvalue weighted by molar-refractivity contribution is -0.148. The SMILES string of the molecule is C=CCN(CC(=O)OCC)C(=O)CCCCCCCC. The van der Waals surface area contributed by atoms with Crippen molar-refractivity contribution in [1.82, 2.24) is 4.90 Å². The highest BCUT2D eigenvalue weighted by Gasteiger charge is 2.16. The van der Waals surface area contributed by atoms with Crippen LogP contribution < -0.4 is 0 Å². The van der Waals surface area contributed by atoms with Crippen molar-refractivity contribution in [3.05, 3.63) is 12.7 Å². The van der Waals surface area contributed by atoms with E-state index in [9.17, 15) is 9.59 Å². The molecule has 0 spiro atoms. The van der Waals surface area contributed by atoms with Gasteiger partial charge in [0, 0.05) is 13.0 Å². The van der Waals surface area contributed by atoms with Crippen molar-refractivity contribution in [1.29, 1.82) is 0 Å². The maximum absolute atomic E-state index is 12.0. The molecule has 1 amide bonds. The maximum Gasteiger partial charge on any atom is 0.325 e. The van der Waals surface area contributed by atoms with Crippen LogP contribution in [-0.2, 0) is 14.3 Å². The molecular formula is C16H29NO3. The third kappa shape index (κ3) is 9.59. The molecule has 0 aliphatic carbocycles. The monoisotopic (exact) mass is 283 g/mol. The number of hydrogen-bond acceptors (Lipinski definition) is 3. The molecule has 0 bridgehead atoms. The second kappa shape index (κ2) is 12.7. The summed E-state index contributed by atoms with van der Waals surface area (Å²) >= 11 is 0. The van der Waals surface area contributed by atoms with Crippen LogP contribution >= 0.6 is 0 Å². The number of esters is 1. The first-order valence-corrected chi connectivity index (χ1v) is 7.69. The molecule has 0 rings (SSSR count). The normalized spacial score (nSPS) is 10.1. The molecule has 0 saturated heterocycles. The van der Waals surface area contributed by atoms with Gasteiger partial charge in [0.25, 0.3) is 0 Å². The molecule has 116 valence electrons. The topological polar surface area (TPSA) is 46.6 Å². The fraction of sp³-hybridized carbons (Fsp3) is 0.750. The highest BCUT2D eigenvalue weighted by molar-refractivity contribution is 5.82. The Morgan fingerprint density at radius 3 is 2.35 bits per heavy atom. The van der Waals surface area contributed by atoms with Gasteiger partial charge in [-0.2, -0.15) is 0 Å². The molecule has 20 heavy (non-hydrogen) atoms. The van der Waals surface area contributed by atoms with Crippen LogP contribution in [0.1, 0.15) is 58.8 Å². The van der Waals surface area contributed by atoms with Gasteiger partial charge < -0.3 is 9.64 Å². The van der Waals surface area contributed by atoms with Crippen LogP contribution in [0.4, 0.5) is 0 Å². The summed E-state index contributed by atoms with van der Waals surface area (Å²) in [5, 5.41) is 0. The lowest BCUT2D eigenvalue weighted by Gasteiger charge is -2.20. The van der Waals surface area contributed by atoms with Crippen LogP contribution in [0.15, 0.2) is 12.7 Å². The third-order valence-electron chi connectivity index (χ3n) is 3.07. The molecular weight excluding hydrogens is 254 g/mol. The Bertz CT molecular complexity index is 289. The lowest BCUT2D eigenvalue weighted by atomic mass is 10.1. The van der Waals surface area contributed by atoms with Crippen LogP contribution in [0, 0.1) is 0 Å². The van der Waals surface area contributed by atoms with Crippen LogP contribution in [-0.4, -0.2) is 36.5 Å². The van der Waals surface area contributed by atoms with E-state index >= 15 is 0 Å². The fourth-order valence-electron chi connectivity index (χ4n) is 1.99. The van der Waals surface area contributed by atoms with E-state index in [-0.39, 0.29) is 18.4 Å². The lowest BCUT2D eigenvalue weighted by Crippen LogP contribution is -2.36. The number of ether oxygens (including phenoxy) is 1. The molecule has 4 heteroatoms. The molecule has 0 aliphatic heterocycles. The molecule has 0 N–H and O–H groups in total. The van der Waals surface area contributed by atoms with Crippen molar-refractivity contribution < 1.29 is 14.3 Å². The molecule has 4 nitrogen and oxygen atoms in total. The van der Waals surface area contributed by atoms with E-state index in [0.29, 0.717) is 19.6 Å². The first kappa shape index (κ1) is 18.7. The Labute approximate surface area is 123 Å². The largest absolute Gasteiger partial charge is 0.465 e. The predicted molar refractivity (Wildman–Crippen MR) is 81.4 cm³/mol. The molecule has 0 saturated carbocycles. The van der Waals surface area contributed by atoms with Crippen LogP contribution in [0.25, 0.3) is 0 Å². The first-order chi connectivity index (χ1) is 9.65. The molecule has 0 unspecified atom stereocenters. The Morgan fingerprint density at radius 1 is 1.10 bits per heavy atom. The van der Waals surface area contributed by atoms with E-state index < -0.39 is 0 Å². The number of carbonyl (C=O) groups is 2. The standard InChI is InChI=1S/C16H29NO3/c1-4-7-8-9-10-11-12-15(18)17(13-5-2)14-16(19)20-6-3/h5H,2,4,6-14H2,1,3H3. The summed E-state index contributed by atoms with van der Waals surface area (Å²) < 4.78 is 4.87. The molecule has 0 radical (unpaired) electrons. The van der Waals surface area contributed by atoms with Gasteiger partial charge in [0.05, 0.1) is 6.61 Å². The molecule has 0 aromatic carbocycles. The number of carbonyl (C=O) groups excluding carboxylic acids is 2. The summed E-state index contributed by atoms with van der Waals surface area (Å²) in [5.74, 6) is -0.348. The second-order valence-electron chi connectivity index (χ2n) is 4.89. The fourth-order valence-corrected chi connectivity index (χ4v) is 1.99. The number of rotatable bonds is 12. The van der Waals surface area contributed by atoms with Crippen molar-refractivity contribution >= 4 is 11.9 Å². The van der Waals surface area contributed by atoms with E-state index in [1.165, 1.54) is 30.6 Å². The smallest absolute Gasteiger partial charge is 0.325 e. The zero-order valence-corrected chi connectivity index (χ0v) is 13.0. The quantitative estimate of drug-likeness (QED) is 0.313. The van der Waals surface area contributed by atoms with E-state index in [1.807, 2.05) is 0 Å². The first-order valence-electron chi connectivity index (χ1n) is 7.69. The Kier molecular flexibility index (Phi) is 11.9. The molecule has 0 fully saturated rings. The minimum Gasteiger partial charge on any atom is -0.465 e. The van der Waals surface area contributed by atoms with Crippen molar-refractivity contribution in [2.24, 2.45) is 0 Å². The molecule has 0 aromatic rings. The zero-order chi connectivity index (χ0) is 15.2. The van der Waals surface area contributed by atoms with Crippen LogP contribution in [0.2, 0.25) is 0 Å². The maximum atomic E-state index is 12.0. The van der Waals surface area contributed by atoms with Crippen molar-refractivity contribution in [2.45, 2.75) is 58.8 Å². The molecule has 0 heterocycles. The van der Waals surface area contributed by atoms with Gasteiger partial charge in [-0.1, -0.05) is 45.1 Å². The number of nitrogens with zero attached hydrogens (tertiary/aromatic N) is 1. The van der Waals surface area contributed by atoms with E-state index in [4.69, 9.17) is 4.74 Å². The van der Waals surface area contributed by atoms with Gasteiger partial charge in [-0.25, -0.2) is 0 Å². The summed E-state index contributed by atoms with van der Waals surface area (Å²) in [6.45, 7) is 8.32. The van der Waals surface area contributed by atoms with Crippen molar-refractivity contribution in [3.63, 3.8) is 0 Å². The summed E-state index contributed by atoms with van der Waals surface area (Å²) in [6.07, 6.45) is 9.01. The zero-order valence-electron chi connectivity index (χ0n) is 13.0. The summed E-state index contributed by atoms with van der Waals surface area (Å²) in [5.41, 5.74) is 0. The Balaban J connectivity index is 3.96. The number of amides is 1. The van der Waals surface area contributed by atoms with E-state index in [1.54, 1.807) is 13.0 Å². The summed E-state index contributed by atoms with van der Waals surface area (Å²) in [4.78, 5) is 25.0. The van der Waals surface area contributed by atoms with E-state index in [2.05, 4.69) is 13.5 Å². The molecule has 0 aliphatic rings. The van der Waals surface area contributed by atoms with Gasteiger partial charge in [-0.3, -0.25) is 9.59 Å². The van der Waals surface area contributed by atoms with Crippen molar-refractivity contribution in [3.8, 4) is 0 Å². The van der Waals surface area contributed by atoms with Crippen molar-refractivity contribution in [2.75, 3.05) is 19.7 Å². The van der Waals surface area contributed by atoms with Gasteiger partial charge in [0.2, 0.25) is 5.91 Å². The summed E-state index contributed by atoms with van der Waals surface area (Å²) in [7, 11) is 0. The van der Waals surface area contributed by atoms with Gasteiger partial charge >= 0.3 is 5.97 Å². The van der Waals surface area contributed by atoms with Gasteiger partial charge in [-0.05, 0) is 13.3 Å². The average molecular weight is 283 g/mol. The third-order valence-corrected chi connectivity index (χ3v) is 3.07. The minimum absolute atomic E-state index is 0.00782. The predicted octanol–water partition coefficient (Wildman–Crippen LogP) is 3.31. The number of hydrogen-bond donors (Lipinski definition) is 0. The van der Waals surface area contributed by atoms with Gasteiger partial charge in [0.1, 0.15) is 6.54 Å². The van der Waals surface area contributed by atoms with Crippen LogP contribution in [0.3, 0.4) is 0 Å². The molecule has 0 atom stereocenters. The highest BCUT2D eigenvalue weighted by Crippen LogP contribution is 2.08. The average Bonchev–Trinajstić information content (AvgIpc) is 2.42. The highest BCUT2D eigenvalue weighted by atomic mass is 16.5. The Morgan fingerprint density at radius 2 is 1.75 bits per heavy atom. The van der Waals surface area contributed by atoms with E-state index in [0.717, 1.165) is 12.8 Å². The Hall–Kier alpha value is -1.32. The number of unbranched alkanes of at least 4 members (excludes halogenated alkanes) is 5.